The van der Waals surface area contributed by atoms with Crippen molar-refractivity contribution in [2.75, 3.05) is 0 Å². The first-order chi connectivity index (χ1) is 4.36. The molecule has 52 valence electrons. The van der Waals surface area contributed by atoms with Gasteiger partial charge in [-0.3, -0.25) is 0 Å². The number of ether oxygens (including phenoxy) is 1. The van der Waals surface area contributed by atoms with Crippen LogP contribution in [0, 0.1) is 0 Å². The summed E-state index contributed by atoms with van der Waals surface area (Å²) >= 11 is 0. The number of fused-ring (bicyclic) bond motifs is 3. The second kappa shape index (κ2) is 1.94. The Labute approximate surface area is 53.8 Å². The zero-order valence-electron chi connectivity index (χ0n) is 5.37. The highest BCUT2D eigenvalue weighted by atomic mass is 17.2. The van der Waals surface area contributed by atoms with Crippen molar-refractivity contribution in [1.82, 2.24) is 0 Å². The number of rotatable bonds is 0. The smallest absolute Gasteiger partial charge is 0.191 e. The molecule has 3 fully saturated rings. The predicted molar refractivity (Wildman–Crippen MR) is 29.5 cm³/mol. The molecule has 0 radical (unpaired) electrons. The summed E-state index contributed by atoms with van der Waals surface area (Å²) in [5.41, 5.74) is 0. The fraction of sp³-hybridized carbons (Fsp3) is 1.00. The Kier molecular flexibility index (Phi) is 1.22. The van der Waals surface area contributed by atoms with Gasteiger partial charge < -0.3 is 4.74 Å². The summed E-state index contributed by atoms with van der Waals surface area (Å²) < 4.78 is 5.34. The molecule has 3 heteroatoms. The van der Waals surface area contributed by atoms with E-state index in [9.17, 15) is 0 Å². The van der Waals surface area contributed by atoms with Gasteiger partial charge in [0, 0.05) is 6.42 Å². The van der Waals surface area contributed by atoms with E-state index in [4.69, 9.17) is 14.5 Å². The number of hydrogen-bond acceptors (Lipinski definition) is 3. The second-order valence-corrected chi connectivity index (χ2v) is 2.58. The molecule has 3 aliphatic rings. The molecule has 3 rings (SSSR count). The highest BCUT2D eigenvalue weighted by Gasteiger charge is 2.36. The van der Waals surface area contributed by atoms with E-state index >= 15 is 0 Å². The van der Waals surface area contributed by atoms with Crippen LogP contribution in [-0.2, 0) is 14.5 Å². The van der Waals surface area contributed by atoms with Crippen LogP contribution in [0.5, 0.6) is 0 Å². The van der Waals surface area contributed by atoms with Gasteiger partial charge in [0.1, 0.15) is 6.10 Å². The van der Waals surface area contributed by atoms with Gasteiger partial charge in [0.05, 0.1) is 6.10 Å². The molecule has 0 N–H and O–H groups in total. The highest BCUT2D eigenvalue weighted by molar-refractivity contribution is 4.74. The van der Waals surface area contributed by atoms with Crippen molar-refractivity contribution >= 4 is 0 Å². The maximum Gasteiger partial charge on any atom is 0.191 e. The minimum absolute atomic E-state index is 0.0926. The van der Waals surface area contributed by atoms with Crippen LogP contribution in [0.1, 0.15) is 19.8 Å². The molecule has 0 saturated carbocycles. The molecule has 3 nitrogen and oxygen atoms in total. The van der Waals surface area contributed by atoms with Gasteiger partial charge in [0.2, 0.25) is 0 Å². The van der Waals surface area contributed by atoms with Gasteiger partial charge in [0.15, 0.2) is 6.29 Å². The van der Waals surface area contributed by atoms with E-state index < -0.39 is 0 Å². The Balaban J connectivity index is 2.06. The maximum atomic E-state index is 5.34. The van der Waals surface area contributed by atoms with Gasteiger partial charge >= 0.3 is 0 Å². The molecule has 0 spiro atoms. The summed E-state index contributed by atoms with van der Waals surface area (Å²) in [7, 11) is 0. The predicted octanol–water partition coefficient (Wildman–Crippen LogP) is 0.842. The molecule has 0 aliphatic carbocycles. The van der Waals surface area contributed by atoms with Crippen LogP contribution in [0.2, 0.25) is 0 Å². The first-order valence-electron chi connectivity index (χ1n) is 3.34. The second-order valence-electron chi connectivity index (χ2n) is 2.58. The van der Waals surface area contributed by atoms with E-state index in [1.54, 1.807) is 0 Å². The van der Waals surface area contributed by atoms with Crippen molar-refractivity contribution in [2.45, 2.75) is 38.3 Å². The Morgan fingerprint density at radius 3 is 2.33 bits per heavy atom. The normalized spacial score (nSPS) is 49.7. The molecular formula is C6H10O3. The van der Waals surface area contributed by atoms with Gasteiger partial charge in [-0.05, 0) is 13.3 Å². The quantitative estimate of drug-likeness (QED) is 0.455. The Hall–Kier alpha value is -0.120. The Bertz CT molecular complexity index is 107. The molecule has 0 aromatic heterocycles. The third-order valence-electron chi connectivity index (χ3n) is 1.86. The molecule has 3 atom stereocenters. The van der Waals surface area contributed by atoms with Crippen LogP contribution >= 0.6 is 0 Å². The van der Waals surface area contributed by atoms with Gasteiger partial charge in [-0.25, -0.2) is 9.78 Å². The van der Waals surface area contributed by atoms with Crippen molar-refractivity contribution < 1.29 is 14.5 Å². The van der Waals surface area contributed by atoms with Crippen molar-refractivity contribution in [3.05, 3.63) is 0 Å². The van der Waals surface area contributed by atoms with E-state index in [-0.39, 0.29) is 18.5 Å². The standard InChI is InChI=1S/C6H10O3/c1-4-5-2-3-6(7-4)9-8-5/h4-6H,2-3H2,1H3/t4-,5?,6?/m1/s1. The van der Waals surface area contributed by atoms with E-state index in [2.05, 4.69) is 0 Å². The fourth-order valence-electron chi connectivity index (χ4n) is 1.26. The summed E-state index contributed by atoms with van der Waals surface area (Å²) in [6.45, 7) is 2.01. The van der Waals surface area contributed by atoms with Crippen LogP contribution in [0.4, 0.5) is 0 Å². The molecular weight excluding hydrogens is 120 g/mol. The summed E-state index contributed by atoms with van der Waals surface area (Å²) in [4.78, 5) is 9.79. The van der Waals surface area contributed by atoms with E-state index in [1.165, 1.54) is 0 Å². The molecule has 0 aromatic carbocycles. The van der Waals surface area contributed by atoms with Crippen LogP contribution in [0.15, 0.2) is 0 Å². The lowest BCUT2D eigenvalue weighted by Crippen LogP contribution is -2.46. The summed E-state index contributed by atoms with van der Waals surface area (Å²) in [6.07, 6.45) is 2.36. The summed E-state index contributed by atoms with van der Waals surface area (Å²) in [6, 6.07) is 0. The third-order valence-corrected chi connectivity index (χ3v) is 1.86. The maximum absolute atomic E-state index is 5.34. The zero-order chi connectivity index (χ0) is 6.27. The Morgan fingerprint density at radius 2 is 2.11 bits per heavy atom. The average Bonchev–Trinajstić information content (AvgIpc) is 1.90. The molecule has 9 heavy (non-hydrogen) atoms. The van der Waals surface area contributed by atoms with E-state index in [0.29, 0.717) is 0 Å². The molecule has 0 amide bonds. The highest BCUT2D eigenvalue weighted by Crippen LogP contribution is 2.28. The van der Waals surface area contributed by atoms with Crippen LogP contribution in [-0.4, -0.2) is 18.5 Å². The molecule has 3 aliphatic heterocycles. The lowest BCUT2D eigenvalue weighted by molar-refractivity contribution is -0.479. The SMILES string of the molecule is C[C@H]1OC2CCC1OO2. The van der Waals surface area contributed by atoms with Crippen molar-refractivity contribution in [3.8, 4) is 0 Å². The molecule has 2 unspecified atom stereocenters. The van der Waals surface area contributed by atoms with Crippen LogP contribution < -0.4 is 0 Å². The van der Waals surface area contributed by atoms with Crippen LogP contribution in [0.3, 0.4) is 0 Å². The molecule has 3 heterocycles. The van der Waals surface area contributed by atoms with Gasteiger partial charge in [-0.1, -0.05) is 0 Å². The minimum atomic E-state index is -0.0926. The van der Waals surface area contributed by atoms with Crippen molar-refractivity contribution in [1.29, 1.82) is 0 Å². The zero-order valence-corrected chi connectivity index (χ0v) is 5.37. The van der Waals surface area contributed by atoms with E-state index in [0.717, 1.165) is 12.8 Å². The van der Waals surface area contributed by atoms with Crippen LogP contribution in [0.25, 0.3) is 0 Å². The first kappa shape index (κ1) is 5.65. The monoisotopic (exact) mass is 130 g/mol. The Morgan fingerprint density at radius 1 is 1.22 bits per heavy atom. The largest absolute Gasteiger partial charge is 0.344 e. The summed E-state index contributed by atoms with van der Waals surface area (Å²) in [5, 5.41) is 0. The van der Waals surface area contributed by atoms with Gasteiger partial charge in [-0.2, -0.15) is 0 Å². The average molecular weight is 130 g/mol. The fourth-order valence-corrected chi connectivity index (χ4v) is 1.26. The summed E-state index contributed by atoms with van der Waals surface area (Å²) in [5.74, 6) is 0. The van der Waals surface area contributed by atoms with Gasteiger partial charge in [-0.15, -0.1) is 0 Å². The van der Waals surface area contributed by atoms with Gasteiger partial charge in [0.25, 0.3) is 0 Å². The first-order valence-corrected chi connectivity index (χ1v) is 3.34. The molecule has 3 saturated heterocycles. The topological polar surface area (TPSA) is 27.7 Å². The van der Waals surface area contributed by atoms with Crippen molar-refractivity contribution in [2.24, 2.45) is 0 Å². The van der Waals surface area contributed by atoms with Crippen molar-refractivity contribution in [3.63, 3.8) is 0 Å². The lowest BCUT2D eigenvalue weighted by Gasteiger charge is -2.38. The van der Waals surface area contributed by atoms with E-state index in [1.807, 2.05) is 6.92 Å². The molecule has 2 bridgehead atoms. The molecule has 0 aromatic rings. The minimum Gasteiger partial charge on any atom is -0.344 e. The third kappa shape index (κ3) is 0.852. The number of hydrogen-bond donors (Lipinski definition) is 0. The lowest BCUT2D eigenvalue weighted by atomic mass is 10.1.